The Morgan fingerprint density at radius 1 is 1.27 bits per heavy atom. The lowest BCUT2D eigenvalue weighted by molar-refractivity contribution is 0.813. The summed E-state index contributed by atoms with van der Waals surface area (Å²) in [4.78, 5) is 0.870. The van der Waals surface area contributed by atoms with Gasteiger partial charge in [-0.3, -0.25) is 0 Å². The molecular formula is C8H10N2S. The van der Waals surface area contributed by atoms with Gasteiger partial charge in [0.2, 0.25) is 0 Å². The Kier molecular flexibility index (Phi) is 4.41. The van der Waals surface area contributed by atoms with Gasteiger partial charge in [0.15, 0.2) is 0 Å². The summed E-state index contributed by atoms with van der Waals surface area (Å²) in [7, 11) is 0. The minimum atomic E-state index is 0.243. The van der Waals surface area contributed by atoms with E-state index in [-0.39, 0.29) is 11.5 Å². The van der Waals surface area contributed by atoms with Gasteiger partial charge in [0.05, 0.1) is 0 Å². The Hall–Kier alpha value is -0.930. The Morgan fingerprint density at radius 3 is 1.82 bits per heavy atom. The third-order valence-corrected chi connectivity index (χ3v) is 2.33. The van der Waals surface area contributed by atoms with Gasteiger partial charge in [-0.2, -0.15) is 10.5 Å². The summed E-state index contributed by atoms with van der Waals surface area (Å²) in [6, 6.07) is 3.76. The molecule has 11 heavy (non-hydrogen) atoms. The van der Waals surface area contributed by atoms with Crippen LogP contribution in [0.5, 0.6) is 0 Å². The summed E-state index contributed by atoms with van der Waals surface area (Å²) in [6.07, 6.45) is 1.88. The smallest absolute Gasteiger partial charge is 0.139 e. The number of nitriles is 2. The molecule has 58 valence electrons. The number of allylic oxidation sites excluding steroid dienone is 2. The first-order valence-electron chi connectivity index (χ1n) is 3.25. The predicted octanol–water partition coefficient (Wildman–Crippen LogP) is 2.31. The van der Waals surface area contributed by atoms with E-state index >= 15 is 0 Å². The molecule has 0 radical (unpaired) electrons. The van der Waals surface area contributed by atoms with Crippen LogP contribution < -0.4 is 0 Å². The molecule has 2 nitrogen and oxygen atoms in total. The van der Waals surface area contributed by atoms with E-state index in [2.05, 4.69) is 0 Å². The van der Waals surface area contributed by atoms with Crippen LogP contribution in [-0.2, 0) is 0 Å². The predicted molar refractivity (Wildman–Crippen MR) is 46.6 cm³/mol. The number of nitrogens with zero attached hydrogens (tertiary/aromatic N) is 2. The number of hydrogen-bond donors (Lipinski definition) is 0. The van der Waals surface area contributed by atoms with Crippen LogP contribution >= 0.6 is 11.8 Å². The maximum atomic E-state index is 8.53. The molecule has 0 heterocycles. The van der Waals surface area contributed by atoms with Crippen LogP contribution in [0.2, 0.25) is 0 Å². The maximum absolute atomic E-state index is 8.53. The molecule has 0 bridgehead atoms. The zero-order valence-corrected chi connectivity index (χ0v) is 7.70. The second kappa shape index (κ2) is 4.82. The van der Waals surface area contributed by atoms with Crippen LogP contribution in [0.1, 0.15) is 13.8 Å². The van der Waals surface area contributed by atoms with Crippen molar-refractivity contribution in [2.45, 2.75) is 13.8 Å². The topological polar surface area (TPSA) is 47.6 Å². The quantitative estimate of drug-likeness (QED) is 0.591. The minimum Gasteiger partial charge on any atom is -0.192 e. The van der Waals surface area contributed by atoms with Crippen LogP contribution in [0.3, 0.4) is 0 Å². The average molecular weight is 166 g/mol. The van der Waals surface area contributed by atoms with Crippen molar-refractivity contribution in [3.8, 4) is 12.1 Å². The third-order valence-electron chi connectivity index (χ3n) is 1.21. The molecule has 0 aliphatic carbocycles. The molecule has 0 aromatic carbocycles. The third kappa shape index (κ3) is 2.65. The van der Waals surface area contributed by atoms with Gasteiger partial charge in [-0.05, 0) is 12.2 Å². The maximum Gasteiger partial charge on any atom is 0.139 e. The molecule has 0 unspecified atom stereocenters. The molecule has 0 aromatic heterocycles. The molecule has 0 aromatic rings. The molecule has 0 aliphatic rings. The number of rotatable bonds is 2. The van der Waals surface area contributed by atoms with Gasteiger partial charge in [0.25, 0.3) is 0 Å². The van der Waals surface area contributed by atoms with Gasteiger partial charge in [0, 0.05) is 4.91 Å². The van der Waals surface area contributed by atoms with Crippen molar-refractivity contribution >= 4 is 11.8 Å². The second-order valence-electron chi connectivity index (χ2n) is 2.32. The Labute approximate surface area is 71.5 Å². The van der Waals surface area contributed by atoms with Crippen LogP contribution in [0, 0.1) is 28.6 Å². The van der Waals surface area contributed by atoms with Crippen molar-refractivity contribution in [2.75, 3.05) is 6.26 Å². The molecule has 0 N–H and O–H groups in total. The van der Waals surface area contributed by atoms with Crippen molar-refractivity contribution in [3.05, 3.63) is 10.5 Å². The summed E-state index contributed by atoms with van der Waals surface area (Å²) in [5, 5.41) is 17.1. The Bertz CT molecular complexity index is 224. The van der Waals surface area contributed by atoms with Gasteiger partial charge < -0.3 is 0 Å². The van der Waals surface area contributed by atoms with Crippen molar-refractivity contribution in [1.82, 2.24) is 0 Å². The molecule has 0 saturated carbocycles. The highest BCUT2D eigenvalue weighted by Crippen LogP contribution is 2.24. The molecule has 3 heteroatoms. The SMILES string of the molecule is CSC(=C(C#N)C#N)C(C)C. The fraction of sp³-hybridized carbons (Fsp3) is 0.500. The number of thioether (sulfide) groups is 1. The van der Waals surface area contributed by atoms with Gasteiger partial charge >= 0.3 is 0 Å². The molecular weight excluding hydrogens is 156 g/mol. The lowest BCUT2D eigenvalue weighted by Crippen LogP contribution is -1.92. The highest BCUT2D eigenvalue weighted by molar-refractivity contribution is 8.02. The Balaban J connectivity index is 4.86. The second-order valence-corrected chi connectivity index (χ2v) is 3.17. The monoisotopic (exact) mass is 166 g/mol. The molecule has 0 amide bonds. The summed E-state index contributed by atoms with van der Waals surface area (Å²) in [5.74, 6) is 0.263. The van der Waals surface area contributed by atoms with Crippen LogP contribution in [-0.4, -0.2) is 6.26 Å². The van der Waals surface area contributed by atoms with Gasteiger partial charge in [-0.25, -0.2) is 0 Å². The molecule has 0 fully saturated rings. The van der Waals surface area contributed by atoms with Crippen molar-refractivity contribution < 1.29 is 0 Å². The van der Waals surface area contributed by atoms with E-state index in [9.17, 15) is 0 Å². The molecule has 0 atom stereocenters. The van der Waals surface area contributed by atoms with Crippen molar-refractivity contribution in [3.63, 3.8) is 0 Å². The minimum absolute atomic E-state index is 0.243. The van der Waals surface area contributed by atoms with E-state index in [1.54, 1.807) is 0 Å². The number of hydrogen-bond acceptors (Lipinski definition) is 3. The fourth-order valence-corrected chi connectivity index (χ4v) is 1.53. The first kappa shape index (κ1) is 10.1. The van der Waals surface area contributed by atoms with Crippen molar-refractivity contribution in [2.24, 2.45) is 5.92 Å². The summed E-state index contributed by atoms with van der Waals surface area (Å²) in [5.41, 5.74) is 0.243. The average Bonchev–Trinajstić information content (AvgIpc) is 1.99. The molecule has 0 rings (SSSR count). The van der Waals surface area contributed by atoms with Gasteiger partial charge in [-0.15, -0.1) is 11.8 Å². The van der Waals surface area contributed by atoms with Crippen LogP contribution in [0.4, 0.5) is 0 Å². The van der Waals surface area contributed by atoms with Crippen molar-refractivity contribution in [1.29, 1.82) is 10.5 Å². The molecule has 0 saturated heterocycles. The standard InChI is InChI=1S/C8H10N2S/c1-6(2)8(11-3)7(4-9)5-10/h6H,1-3H3. The summed E-state index contributed by atoms with van der Waals surface area (Å²) >= 11 is 1.47. The lowest BCUT2D eigenvalue weighted by Gasteiger charge is -2.06. The van der Waals surface area contributed by atoms with E-state index in [1.807, 2.05) is 32.2 Å². The zero-order valence-electron chi connectivity index (χ0n) is 6.88. The van der Waals surface area contributed by atoms with Crippen LogP contribution in [0.25, 0.3) is 0 Å². The zero-order chi connectivity index (χ0) is 8.85. The fourth-order valence-electron chi connectivity index (χ4n) is 0.762. The Morgan fingerprint density at radius 2 is 1.73 bits per heavy atom. The highest BCUT2D eigenvalue weighted by Gasteiger charge is 2.08. The van der Waals surface area contributed by atoms with E-state index in [1.165, 1.54) is 11.8 Å². The summed E-state index contributed by atoms with van der Waals surface area (Å²) < 4.78 is 0. The van der Waals surface area contributed by atoms with E-state index in [4.69, 9.17) is 10.5 Å². The van der Waals surface area contributed by atoms with E-state index in [0.717, 1.165) is 4.91 Å². The van der Waals surface area contributed by atoms with E-state index < -0.39 is 0 Å². The van der Waals surface area contributed by atoms with Gasteiger partial charge in [-0.1, -0.05) is 13.8 Å². The highest BCUT2D eigenvalue weighted by atomic mass is 32.2. The molecule has 0 aliphatic heterocycles. The first-order valence-corrected chi connectivity index (χ1v) is 4.48. The largest absolute Gasteiger partial charge is 0.192 e. The van der Waals surface area contributed by atoms with E-state index in [0.29, 0.717) is 0 Å². The van der Waals surface area contributed by atoms with Crippen LogP contribution in [0.15, 0.2) is 10.5 Å². The first-order chi connectivity index (χ1) is 5.17. The lowest BCUT2D eigenvalue weighted by atomic mass is 10.1. The van der Waals surface area contributed by atoms with Gasteiger partial charge in [0.1, 0.15) is 17.7 Å². The molecule has 0 spiro atoms. The normalized spacial score (nSPS) is 8.55. The summed E-state index contributed by atoms with van der Waals surface area (Å²) in [6.45, 7) is 3.95.